The fourth-order valence-electron chi connectivity index (χ4n) is 3.21. The first kappa shape index (κ1) is 12.5. The number of fused-ring (bicyclic) bond motifs is 3. The van der Waals surface area contributed by atoms with Gasteiger partial charge in [0, 0.05) is 12.6 Å². The van der Waals surface area contributed by atoms with E-state index in [-0.39, 0.29) is 5.91 Å². The molecule has 102 valence electrons. The Hall–Kier alpha value is -1.55. The molecule has 0 aromatic heterocycles. The average Bonchev–Trinajstić information content (AvgIpc) is 2.48. The monoisotopic (exact) mass is 260 g/mol. The number of methoxy groups -OCH3 is 1. The van der Waals surface area contributed by atoms with Gasteiger partial charge in [-0.1, -0.05) is 12.1 Å². The molecule has 19 heavy (non-hydrogen) atoms. The molecular formula is C15H20N2O2. The van der Waals surface area contributed by atoms with E-state index in [0.717, 1.165) is 6.54 Å². The zero-order valence-electron chi connectivity index (χ0n) is 11.3. The molecule has 2 bridgehead atoms. The normalized spacial score (nSPS) is 29.0. The number of hydrogen-bond acceptors (Lipinski definition) is 3. The summed E-state index contributed by atoms with van der Waals surface area (Å²) >= 11 is 0. The molecule has 3 fully saturated rings. The number of nitrogens with one attached hydrogen (secondary N) is 1. The summed E-state index contributed by atoms with van der Waals surface area (Å²) in [6.45, 7) is 3.36. The molecule has 3 heterocycles. The van der Waals surface area contributed by atoms with Crippen LogP contribution in [0.25, 0.3) is 0 Å². The molecule has 4 rings (SSSR count). The minimum Gasteiger partial charge on any atom is -0.496 e. The van der Waals surface area contributed by atoms with Gasteiger partial charge in [0.05, 0.1) is 12.7 Å². The van der Waals surface area contributed by atoms with Crippen LogP contribution in [-0.2, 0) is 0 Å². The Labute approximate surface area is 113 Å². The molecule has 1 N–H and O–H groups in total. The summed E-state index contributed by atoms with van der Waals surface area (Å²) in [5.41, 5.74) is 0.626. The highest BCUT2D eigenvalue weighted by Gasteiger charge is 2.35. The maximum atomic E-state index is 12.4. The summed E-state index contributed by atoms with van der Waals surface area (Å²) in [6.07, 6.45) is 2.41. The molecule has 1 amide bonds. The van der Waals surface area contributed by atoms with E-state index < -0.39 is 0 Å². The summed E-state index contributed by atoms with van der Waals surface area (Å²) in [6, 6.07) is 7.68. The number of benzene rings is 1. The smallest absolute Gasteiger partial charge is 0.255 e. The lowest BCUT2D eigenvalue weighted by molar-refractivity contribution is 0.0619. The van der Waals surface area contributed by atoms with E-state index in [1.807, 2.05) is 24.3 Å². The van der Waals surface area contributed by atoms with Gasteiger partial charge >= 0.3 is 0 Å². The predicted molar refractivity (Wildman–Crippen MR) is 73.4 cm³/mol. The fourth-order valence-corrected chi connectivity index (χ4v) is 3.21. The minimum absolute atomic E-state index is 0.0174. The maximum absolute atomic E-state index is 12.4. The van der Waals surface area contributed by atoms with Crippen LogP contribution in [0.2, 0.25) is 0 Å². The molecule has 1 aromatic carbocycles. The summed E-state index contributed by atoms with van der Waals surface area (Å²) in [5, 5.41) is 3.18. The van der Waals surface area contributed by atoms with E-state index in [1.54, 1.807) is 7.11 Å². The molecule has 1 atom stereocenters. The van der Waals surface area contributed by atoms with Crippen molar-refractivity contribution in [2.24, 2.45) is 5.92 Å². The van der Waals surface area contributed by atoms with Crippen molar-refractivity contribution in [3.05, 3.63) is 29.8 Å². The first-order chi connectivity index (χ1) is 9.28. The van der Waals surface area contributed by atoms with Crippen LogP contribution >= 0.6 is 0 Å². The number of hydrogen-bond donors (Lipinski definition) is 1. The van der Waals surface area contributed by atoms with E-state index >= 15 is 0 Å². The molecule has 0 aliphatic carbocycles. The molecular weight excluding hydrogens is 240 g/mol. The van der Waals surface area contributed by atoms with Crippen LogP contribution in [-0.4, -0.2) is 43.6 Å². The second-order valence-corrected chi connectivity index (χ2v) is 5.42. The van der Waals surface area contributed by atoms with Crippen molar-refractivity contribution in [3.8, 4) is 5.75 Å². The maximum Gasteiger partial charge on any atom is 0.255 e. The van der Waals surface area contributed by atoms with Gasteiger partial charge in [-0.15, -0.1) is 0 Å². The highest BCUT2D eigenvalue weighted by Crippen LogP contribution is 2.28. The Morgan fingerprint density at radius 2 is 2.05 bits per heavy atom. The first-order valence-corrected chi connectivity index (χ1v) is 6.94. The Kier molecular flexibility index (Phi) is 3.42. The van der Waals surface area contributed by atoms with E-state index in [1.165, 1.54) is 25.9 Å². The predicted octanol–water partition coefficient (Wildman–Crippen LogP) is 1.52. The van der Waals surface area contributed by atoms with Crippen molar-refractivity contribution in [3.63, 3.8) is 0 Å². The van der Waals surface area contributed by atoms with E-state index in [9.17, 15) is 4.79 Å². The molecule has 1 aromatic rings. The molecule has 0 saturated carbocycles. The van der Waals surface area contributed by atoms with Gasteiger partial charge in [0.25, 0.3) is 5.91 Å². The van der Waals surface area contributed by atoms with Gasteiger partial charge in [0.15, 0.2) is 0 Å². The average molecular weight is 260 g/mol. The molecule has 4 nitrogen and oxygen atoms in total. The zero-order valence-corrected chi connectivity index (χ0v) is 11.3. The number of amides is 1. The fraction of sp³-hybridized carbons (Fsp3) is 0.533. The van der Waals surface area contributed by atoms with E-state index in [4.69, 9.17) is 4.74 Å². The van der Waals surface area contributed by atoms with Gasteiger partial charge in [0.1, 0.15) is 5.75 Å². The van der Waals surface area contributed by atoms with Crippen LogP contribution in [0, 0.1) is 5.92 Å². The Morgan fingerprint density at radius 3 is 2.68 bits per heavy atom. The van der Waals surface area contributed by atoms with Crippen LogP contribution in [0.5, 0.6) is 5.75 Å². The van der Waals surface area contributed by atoms with E-state index in [0.29, 0.717) is 23.3 Å². The lowest BCUT2D eigenvalue weighted by Gasteiger charge is -2.44. The number of para-hydroxylation sites is 1. The van der Waals surface area contributed by atoms with Gasteiger partial charge in [-0.25, -0.2) is 0 Å². The third-order valence-electron chi connectivity index (χ3n) is 4.32. The Bertz CT molecular complexity index is 467. The number of rotatable bonds is 3. The van der Waals surface area contributed by atoms with Crippen molar-refractivity contribution in [1.82, 2.24) is 10.2 Å². The lowest BCUT2D eigenvalue weighted by Crippen LogP contribution is -2.57. The lowest BCUT2D eigenvalue weighted by atomic mass is 9.84. The second kappa shape index (κ2) is 5.21. The summed E-state index contributed by atoms with van der Waals surface area (Å²) in [7, 11) is 1.60. The Balaban J connectivity index is 1.71. The van der Waals surface area contributed by atoms with Crippen molar-refractivity contribution >= 4 is 5.91 Å². The molecule has 0 unspecified atom stereocenters. The van der Waals surface area contributed by atoms with Crippen molar-refractivity contribution in [2.75, 3.05) is 26.7 Å². The molecule has 3 saturated heterocycles. The van der Waals surface area contributed by atoms with Crippen LogP contribution in [0.4, 0.5) is 0 Å². The number of carbonyl (C=O) groups excluding carboxylic acids is 1. The van der Waals surface area contributed by atoms with Gasteiger partial charge in [-0.2, -0.15) is 0 Å². The van der Waals surface area contributed by atoms with Crippen LogP contribution in [0.3, 0.4) is 0 Å². The summed E-state index contributed by atoms with van der Waals surface area (Å²) in [5.74, 6) is 1.26. The van der Waals surface area contributed by atoms with Crippen molar-refractivity contribution in [1.29, 1.82) is 0 Å². The molecule has 0 radical (unpaired) electrons. The topological polar surface area (TPSA) is 41.6 Å². The van der Waals surface area contributed by atoms with Crippen molar-refractivity contribution in [2.45, 2.75) is 18.9 Å². The standard InChI is InChI=1S/C15H20N2O2/c1-19-14-5-3-2-4-12(14)15(18)16-13-10-17-8-6-11(13)7-9-17/h2-5,11,13H,6-10H2,1H3,(H,16,18)/t13-/m0/s1. The Morgan fingerprint density at radius 1 is 1.32 bits per heavy atom. The number of ether oxygens (including phenoxy) is 1. The first-order valence-electron chi connectivity index (χ1n) is 6.94. The second-order valence-electron chi connectivity index (χ2n) is 5.42. The van der Waals surface area contributed by atoms with Gasteiger partial charge in [0.2, 0.25) is 0 Å². The van der Waals surface area contributed by atoms with Gasteiger partial charge in [-0.05, 0) is 44.0 Å². The molecule has 0 spiro atoms. The number of piperidine rings is 3. The summed E-state index contributed by atoms with van der Waals surface area (Å²) in [4.78, 5) is 14.8. The number of carbonyl (C=O) groups is 1. The third kappa shape index (κ3) is 2.45. The van der Waals surface area contributed by atoms with Crippen LogP contribution in [0.15, 0.2) is 24.3 Å². The van der Waals surface area contributed by atoms with Gasteiger partial charge in [-0.3, -0.25) is 4.79 Å². The van der Waals surface area contributed by atoms with E-state index in [2.05, 4.69) is 10.2 Å². The number of nitrogens with zero attached hydrogens (tertiary/aromatic N) is 1. The molecule has 3 aliphatic rings. The molecule has 4 heteroatoms. The van der Waals surface area contributed by atoms with Crippen LogP contribution < -0.4 is 10.1 Å². The SMILES string of the molecule is COc1ccccc1C(=O)N[C@H]1CN2CCC1CC2. The minimum atomic E-state index is -0.0174. The zero-order chi connectivity index (χ0) is 13.2. The molecule has 3 aliphatic heterocycles. The van der Waals surface area contributed by atoms with Crippen molar-refractivity contribution < 1.29 is 9.53 Å². The van der Waals surface area contributed by atoms with Gasteiger partial charge < -0.3 is 15.0 Å². The highest BCUT2D eigenvalue weighted by molar-refractivity contribution is 5.97. The van der Waals surface area contributed by atoms with Crippen LogP contribution in [0.1, 0.15) is 23.2 Å². The quantitative estimate of drug-likeness (QED) is 0.896. The largest absolute Gasteiger partial charge is 0.496 e. The third-order valence-corrected chi connectivity index (χ3v) is 4.32. The summed E-state index contributed by atoms with van der Waals surface area (Å²) < 4.78 is 5.25. The highest BCUT2D eigenvalue weighted by atomic mass is 16.5.